The summed E-state index contributed by atoms with van der Waals surface area (Å²) in [5.41, 5.74) is 1.04. The first kappa shape index (κ1) is 17.4. The highest BCUT2D eigenvalue weighted by atomic mass is 79.9. The van der Waals surface area contributed by atoms with Gasteiger partial charge in [-0.15, -0.1) is 0 Å². The van der Waals surface area contributed by atoms with E-state index in [0.29, 0.717) is 24.9 Å². The monoisotopic (exact) mass is 368 g/mol. The third-order valence-electron chi connectivity index (χ3n) is 4.07. The maximum absolute atomic E-state index is 12.1. The van der Waals surface area contributed by atoms with Gasteiger partial charge in [-0.3, -0.25) is 9.69 Å². The van der Waals surface area contributed by atoms with Crippen molar-refractivity contribution in [2.24, 2.45) is 5.92 Å². The molecule has 1 unspecified atom stereocenters. The maximum atomic E-state index is 12.1. The van der Waals surface area contributed by atoms with E-state index < -0.39 is 0 Å². The van der Waals surface area contributed by atoms with Crippen LogP contribution < -0.4 is 5.32 Å². The van der Waals surface area contributed by atoms with Crippen molar-refractivity contribution < 1.29 is 9.53 Å². The predicted molar refractivity (Wildman–Crippen MR) is 91.9 cm³/mol. The van der Waals surface area contributed by atoms with Crippen molar-refractivity contribution in [3.05, 3.63) is 34.3 Å². The molecule has 1 N–H and O–H groups in total. The fraction of sp³-hybridized carbons (Fsp3) is 0.588. The molecular formula is C17H25BrN2O2. The Balaban J connectivity index is 1.83. The normalized spacial score (nSPS) is 17.5. The van der Waals surface area contributed by atoms with Crippen molar-refractivity contribution in [3.63, 3.8) is 0 Å². The number of rotatable bonds is 6. The van der Waals surface area contributed by atoms with Crippen molar-refractivity contribution in [2.45, 2.75) is 26.3 Å². The van der Waals surface area contributed by atoms with Crippen LogP contribution in [0.25, 0.3) is 0 Å². The number of carbonyl (C=O) groups is 1. The van der Waals surface area contributed by atoms with E-state index in [1.165, 1.54) is 0 Å². The van der Waals surface area contributed by atoms with Gasteiger partial charge in [-0.1, -0.05) is 41.9 Å². The number of carbonyl (C=O) groups excluding carboxylic acids is 1. The molecule has 1 amide bonds. The van der Waals surface area contributed by atoms with E-state index in [2.05, 4.69) is 40.0 Å². The van der Waals surface area contributed by atoms with Crippen LogP contribution in [0.3, 0.4) is 0 Å². The highest BCUT2D eigenvalue weighted by Crippen LogP contribution is 2.13. The van der Waals surface area contributed by atoms with Gasteiger partial charge in [-0.2, -0.15) is 0 Å². The molecule has 1 heterocycles. The first-order valence-electron chi connectivity index (χ1n) is 7.89. The molecule has 0 aromatic heterocycles. The van der Waals surface area contributed by atoms with Crippen molar-refractivity contribution in [2.75, 3.05) is 32.8 Å². The summed E-state index contributed by atoms with van der Waals surface area (Å²) in [6, 6.07) is 8.26. The SMILES string of the molecule is CC(C)C(CNC(=O)Cc1ccc(Br)cc1)N1CCOCC1. The molecule has 1 atom stereocenters. The van der Waals surface area contributed by atoms with Gasteiger partial charge in [-0.05, 0) is 23.6 Å². The smallest absolute Gasteiger partial charge is 0.224 e. The standard InChI is InChI=1S/C17H25BrN2O2/c1-13(2)16(20-7-9-22-10-8-20)12-19-17(21)11-14-3-5-15(18)6-4-14/h3-6,13,16H,7-12H2,1-2H3,(H,19,21). The van der Waals surface area contributed by atoms with E-state index in [9.17, 15) is 4.79 Å². The van der Waals surface area contributed by atoms with Crippen LogP contribution in [0.2, 0.25) is 0 Å². The first-order chi connectivity index (χ1) is 10.6. The molecule has 1 fully saturated rings. The Morgan fingerprint density at radius 2 is 1.91 bits per heavy atom. The van der Waals surface area contributed by atoms with Crippen LogP contribution in [-0.4, -0.2) is 49.7 Å². The summed E-state index contributed by atoms with van der Waals surface area (Å²) in [6.45, 7) is 8.60. The molecule has 1 aliphatic heterocycles. The maximum Gasteiger partial charge on any atom is 0.224 e. The number of benzene rings is 1. The van der Waals surface area contributed by atoms with Gasteiger partial charge in [0.15, 0.2) is 0 Å². The number of nitrogens with zero attached hydrogens (tertiary/aromatic N) is 1. The molecule has 0 saturated carbocycles. The zero-order chi connectivity index (χ0) is 15.9. The molecule has 22 heavy (non-hydrogen) atoms. The lowest BCUT2D eigenvalue weighted by Crippen LogP contribution is -2.51. The number of hydrogen-bond acceptors (Lipinski definition) is 3. The average molecular weight is 369 g/mol. The molecule has 4 nitrogen and oxygen atoms in total. The summed E-state index contributed by atoms with van der Waals surface area (Å²) in [6.07, 6.45) is 0.432. The zero-order valence-electron chi connectivity index (χ0n) is 13.3. The minimum absolute atomic E-state index is 0.0845. The molecule has 122 valence electrons. The summed E-state index contributed by atoms with van der Waals surface area (Å²) in [7, 11) is 0. The third-order valence-corrected chi connectivity index (χ3v) is 4.60. The molecule has 2 rings (SSSR count). The van der Waals surface area contributed by atoms with Gasteiger partial charge in [0.25, 0.3) is 0 Å². The second kappa shape index (κ2) is 8.65. The van der Waals surface area contributed by atoms with Gasteiger partial charge in [0.05, 0.1) is 19.6 Å². The lowest BCUT2D eigenvalue weighted by molar-refractivity contribution is -0.120. The molecule has 1 saturated heterocycles. The Morgan fingerprint density at radius 3 is 2.50 bits per heavy atom. The van der Waals surface area contributed by atoms with Gasteiger partial charge in [0, 0.05) is 30.1 Å². The Hall–Kier alpha value is -0.910. The Labute approximate surface area is 141 Å². The minimum Gasteiger partial charge on any atom is -0.379 e. The van der Waals surface area contributed by atoms with Crippen molar-refractivity contribution in [3.8, 4) is 0 Å². The minimum atomic E-state index is 0.0845. The number of amides is 1. The highest BCUT2D eigenvalue weighted by molar-refractivity contribution is 9.10. The van der Waals surface area contributed by atoms with Crippen molar-refractivity contribution >= 4 is 21.8 Å². The number of nitrogens with one attached hydrogen (secondary N) is 1. The molecule has 0 radical (unpaired) electrons. The predicted octanol–water partition coefficient (Wildman–Crippen LogP) is 2.46. The summed E-state index contributed by atoms with van der Waals surface area (Å²) in [5.74, 6) is 0.590. The largest absolute Gasteiger partial charge is 0.379 e. The molecule has 5 heteroatoms. The summed E-state index contributed by atoms with van der Waals surface area (Å²) in [5, 5.41) is 3.09. The fourth-order valence-electron chi connectivity index (χ4n) is 2.76. The van der Waals surface area contributed by atoms with Crippen LogP contribution in [-0.2, 0) is 16.0 Å². The van der Waals surface area contributed by atoms with Gasteiger partial charge >= 0.3 is 0 Å². The van der Waals surface area contributed by atoms with E-state index in [4.69, 9.17) is 4.74 Å². The molecule has 1 aliphatic rings. The van der Waals surface area contributed by atoms with Gasteiger partial charge in [-0.25, -0.2) is 0 Å². The quantitative estimate of drug-likeness (QED) is 0.838. The lowest BCUT2D eigenvalue weighted by atomic mass is 10.0. The Kier molecular flexibility index (Phi) is 6.86. The summed E-state index contributed by atoms with van der Waals surface area (Å²) < 4.78 is 6.44. The molecule has 1 aromatic carbocycles. The van der Waals surface area contributed by atoms with Crippen LogP contribution in [0.15, 0.2) is 28.7 Å². The van der Waals surface area contributed by atoms with E-state index in [-0.39, 0.29) is 5.91 Å². The van der Waals surface area contributed by atoms with Crippen LogP contribution in [0.4, 0.5) is 0 Å². The zero-order valence-corrected chi connectivity index (χ0v) is 14.9. The first-order valence-corrected chi connectivity index (χ1v) is 8.68. The topological polar surface area (TPSA) is 41.6 Å². The van der Waals surface area contributed by atoms with Crippen molar-refractivity contribution in [1.29, 1.82) is 0 Å². The molecule has 0 bridgehead atoms. The molecular weight excluding hydrogens is 344 g/mol. The summed E-state index contributed by atoms with van der Waals surface area (Å²) in [4.78, 5) is 14.6. The second-order valence-electron chi connectivity index (χ2n) is 6.07. The van der Waals surface area contributed by atoms with E-state index in [1.807, 2.05) is 24.3 Å². The molecule has 1 aromatic rings. The highest BCUT2D eigenvalue weighted by Gasteiger charge is 2.24. The van der Waals surface area contributed by atoms with Crippen LogP contribution in [0, 0.1) is 5.92 Å². The number of morpholine rings is 1. The third kappa shape index (κ3) is 5.38. The Morgan fingerprint density at radius 1 is 1.27 bits per heavy atom. The fourth-order valence-corrected chi connectivity index (χ4v) is 3.03. The number of halogens is 1. The summed E-state index contributed by atoms with van der Waals surface area (Å²) >= 11 is 3.41. The van der Waals surface area contributed by atoms with Crippen molar-refractivity contribution in [1.82, 2.24) is 10.2 Å². The lowest BCUT2D eigenvalue weighted by Gasteiger charge is -2.36. The van der Waals surface area contributed by atoms with E-state index in [0.717, 1.165) is 36.3 Å². The number of ether oxygens (including phenoxy) is 1. The number of hydrogen-bond donors (Lipinski definition) is 1. The average Bonchev–Trinajstić information content (AvgIpc) is 2.50. The van der Waals surface area contributed by atoms with Crippen LogP contribution in [0.5, 0.6) is 0 Å². The van der Waals surface area contributed by atoms with Gasteiger partial charge < -0.3 is 10.1 Å². The van der Waals surface area contributed by atoms with E-state index >= 15 is 0 Å². The van der Waals surface area contributed by atoms with Crippen LogP contribution >= 0.6 is 15.9 Å². The van der Waals surface area contributed by atoms with Gasteiger partial charge in [0.2, 0.25) is 5.91 Å². The second-order valence-corrected chi connectivity index (χ2v) is 6.98. The molecule has 0 spiro atoms. The van der Waals surface area contributed by atoms with Gasteiger partial charge in [0.1, 0.15) is 0 Å². The van der Waals surface area contributed by atoms with E-state index in [1.54, 1.807) is 0 Å². The Bertz CT molecular complexity index is 470. The van der Waals surface area contributed by atoms with Crippen LogP contribution in [0.1, 0.15) is 19.4 Å². The molecule has 0 aliphatic carbocycles.